The molecular formula is C21H27IN4O3. The van der Waals surface area contributed by atoms with Gasteiger partial charge in [-0.05, 0) is 42.7 Å². The molecule has 4 N–H and O–H groups in total. The number of carbonyl (C=O) groups is 1. The summed E-state index contributed by atoms with van der Waals surface area (Å²) in [6.07, 6.45) is 2.17. The lowest BCUT2D eigenvalue weighted by atomic mass is 10.1. The van der Waals surface area contributed by atoms with Crippen molar-refractivity contribution in [2.75, 3.05) is 25.6 Å². The van der Waals surface area contributed by atoms with Crippen LogP contribution in [0.5, 0.6) is 5.75 Å². The molecule has 1 heterocycles. The van der Waals surface area contributed by atoms with Crippen LogP contribution in [0.25, 0.3) is 0 Å². The van der Waals surface area contributed by atoms with E-state index in [9.17, 15) is 4.79 Å². The Morgan fingerprint density at radius 3 is 2.86 bits per heavy atom. The number of rotatable bonds is 7. The zero-order chi connectivity index (χ0) is 19.8. The molecule has 1 unspecified atom stereocenters. The van der Waals surface area contributed by atoms with Gasteiger partial charge in [0.15, 0.2) is 5.96 Å². The molecule has 2 aromatic rings. The van der Waals surface area contributed by atoms with Gasteiger partial charge in [0, 0.05) is 30.5 Å². The summed E-state index contributed by atoms with van der Waals surface area (Å²) in [5.74, 6) is 0.921. The molecule has 0 aliphatic carbocycles. The number of nitrogens with two attached hydrogens (primary N) is 1. The number of guanidine groups is 1. The zero-order valence-electron chi connectivity index (χ0n) is 16.4. The van der Waals surface area contributed by atoms with Crippen LogP contribution in [-0.2, 0) is 11.3 Å². The number of aliphatic imine (C=N–C) groups is 1. The van der Waals surface area contributed by atoms with E-state index in [1.54, 1.807) is 13.2 Å². The number of amides is 1. The molecule has 0 radical (unpaired) electrons. The average Bonchev–Trinajstić information content (AvgIpc) is 3.24. The number of carbonyl (C=O) groups excluding carboxylic acids is 1. The van der Waals surface area contributed by atoms with Gasteiger partial charge in [-0.2, -0.15) is 0 Å². The summed E-state index contributed by atoms with van der Waals surface area (Å²) in [5, 5.41) is 5.96. The molecule has 0 saturated carbocycles. The van der Waals surface area contributed by atoms with Gasteiger partial charge in [-0.1, -0.05) is 18.2 Å². The van der Waals surface area contributed by atoms with Gasteiger partial charge >= 0.3 is 0 Å². The monoisotopic (exact) mass is 510 g/mol. The predicted molar refractivity (Wildman–Crippen MR) is 125 cm³/mol. The molecule has 7 nitrogen and oxygen atoms in total. The Bertz CT molecular complexity index is 838. The van der Waals surface area contributed by atoms with Crippen molar-refractivity contribution in [2.45, 2.75) is 25.5 Å². The summed E-state index contributed by atoms with van der Waals surface area (Å²) >= 11 is 0. The number of anilines is 1. The Morgan fingerprint density at radius 2 is 2.10 bits per heavy atom. The molecule has 1 aliphatic heterocycles. The second-order valence-corrected chi connectivity index (χ2v) is 6.60. The molecule has 29 heavy (non-hydrogen) atoms. The number of methoxy groups -OCH3 is 1. The topological polar surface area (TPSA) is 98.0 Å². The van der Waals surface area contributed by atoms with E-state index >= 15 is 0 Å². The summed E-state index contributed by atoms with van der Waals surface area (Å²) in [5.41, 5.74) is 8.26. The van der Waals surface area contributed by atoms with Gasteiger partial charge in [0.25, 0.3) is 5.91 Å². The summed E-state index contributed by atoms with van der Waals surface area (Å²) in [6, 6.07) is 14.8. The first-order valence-corrected chi connectivity index (χ1v) is 9.34. The van der Waals surface area contributed by atoms with Crippen LogP contribution in [0.4, 0.5) is 5.69 Å². The fourth-order valence-electron chi connectivity index (χ4n) is 2.99. The van der Waals surface area contributed by atoms with Gasteiger partial charge in [-0.15, -0.1) is 24.0 Å². The minimum absolute atomic E-state index is 0. The third-order valence-electron chi connectivity index (χ3n) is 4.48. The molecule has 3 rings (SSSR count). The molecule has 0 aromatic heterocycles. The number of nitrogens with zero attached hydrogens (tertiary/aromatic N) is 1. The molecule has 1 amide bonds. The van der Waals surface area contributed by atoms with Crippen molar-refractivity contribution in [3.8, 4) is 5.75 Å². The van der Waals surface area contributed by atoms with Gasteiger partial charge < -0.3 is 25.8 Å². The maximum absolute atomic E-state index is 12.3. The van der Waals surface area contributed by atoms with Gasteiger partial charge in [-0.25, -0.2) is 4.99 Å². The van der Waals surface area contributed by atoms with Crippen LogP contribution in [0, 0.1) is 0 Å². The van der Waals surface area contributed by atoms with Crippen LogP contribution < -0.4 is 21.1 Å². The lowest BCUT2D eigenvalue weighted by molar-refractivity contribution is 0.0857. The van der Waals surface area contributed by atoms with Crippen LogP contribution in [0.3, 0.4) is 0 Å². The minimum Gasteiger partial charge on any atom is -0.497 e. The second kappa shape index (κ2) is 11.6. The van der Waals surface area contributed by atoms with E-state index in [1.165, 1.54) is 0 Å². The lowest BCUT2D eigenvalue weighted by Gasteiger charge is -2.11. The number of hydrogen-bond acceptors (Lipinski definition) is 4. The smallest absolute Gasteiger partial charge is 0.251 e. The van der Waals surface area contributed by atoms with E-state index in [2.05, 4.69) is 15.6 Å². The molecule has 1 saturated heterocycles. The largest absolute Gasteiger partial charge is 0.497 e. The molecule has 1 atom stereocenters. The highest BCUT2D eigenvalue weighted by atomic mass is 127. The predicted octanol–water partition coefficient (Wildman–Crippen LogP) is 3.15. The Hall–Kier alpha value is -2.33. The van der Waals surface area contributed by atoms with Crippen LogP contribution >= 0.6 is 24.0 Å². The van der Waals surface area contributed by atoms with Crippen molar-refractivity contribution < 1.29 is 14.3 Å². The number of halogens is 1. The van der Waals surface area contributed by atoms with Crippen molar-refractivity contribution in [2.24, 2.45) is 10.7 Å². The molecule has 1 fully saturated rings. The van der Waals surface area contributed by atoms with E-state index in [4.69, 9.17) is 15.2 Å². The van der Waals surface area contributed by atoms with Gasteiger partial charge in [0.2, 0.25) is 0 Å². The zero-order valence-corrected chi connectivity index (χ0v) is 18.7. The lowest BCUT2D eigenvalue weighted by Crippen LogP contribution is -2.31. The van der Waals surface area contributed by atoms with Crippen molar-refractivity contribution >= 4 is 41.5 Å². The van der Waals surface area contributed by atoms with E-state index < -0.39 is 0 Å². The third-order valence-corrected chi connectivity index (χ3v) is 4.48. The number of ether oxygens (including phenoxy) is 2. The maximum atomic E-state index is 12.3. The van der Waals surface area contributed by atoms with E-state index in [0.717, 1.165) is 36.4 Å². The highest BCUT2D eigenvalue weighted by Crippen LogP contribution is 2.16. The summed E-state index contributed by atoms with van der Waals surface area (Å²) in [6.45, 7) is 1.69. The van der Waals surface area contributed by atoms with Crippen LogP contribution in [0.15, 0.2) is 53.5 Å². The van der Waals surface area contributed by atoms with Crippen molar-refractivity contribution in [1.29, 1.82) is 0 Å². The van der Waals surface area contributed by atoms with Crippen LogP contribution in [0.1, 0.15) is 28.8 Å². The summed E-state index contributed by atoms with van der Waals surface area (Å²) in [7, 11) is 1.61. The fourth-order valence-corrected chi connectivity index (χ4v) is 2.99. The molecule has 0 bridgehead atoms. The van der Waals surface area contributed by atoms with Crippen LogP contribution in [0.2, 0.25) is 0 Å². The number of hydrogen-bond donors (Lipinski definition) is 3. The van der Waals surface area contributed by atoms with Crippen LogP contribution in [-0.4, -0.2) is 38.2 Å². The first-order valence-electron chi connectivity index (χ1n) is 9.34. The van der Waals surface area contributed by atoms with E-state index in [1.807, 2.05) is 42.5 Å². The first-order chi connectivity index (χ1) is 13.6. The highest BCUT2D eigenvalue weighted by Gasteiger charge is 2.16. The average molecular weight is 510 g/mol. The highest BCUT2D eigenvalue weighted by molar-refractivity contribution is 14.0. The number of benzene rings is 2. The Labute approximate surface area is 188 Å². The maximum Gasteiger partial charge on any atom is 0.251 e. The summed E-state index contributed by atoms with van der Waals surface area (Å²) < 4.78 is 10.7. The first kappa shape index (κ1) is 23.0. The minimum atomic E-state index is -0.108. The Morgan fingerprint density at radius 1 is 1.28 bits per heavy atom. The molecule has 0 spiro atoms. The standard InChI is InChI=1S/C21H26N4O3.HI/c1-27-18-8-3-7-17(12-18)25-21(22)24-13-15-5-2-6-16(11-15)20(26)23-14-19-9-4-10-28-19;/h2-3,5-8,11-12,19H,4,9-10,13-14H2,1H3,(H,23,26)(H3,22,24,25);1H. The van der Waals surface area contributed by atoms with Gasteiger partial charge in [-0.3, -0.25) is 4.79 Å². The van der Waals surface area contributed by atoms with Crippen molar-refractivity contribution in [3.63, 3.8) is 0 Å². The molecule has 156 valence electrons. The third kappa shape index (κ3) is 7.21. The Balaban J connectivity index is 0.00000300. The SMILES string of the molecule is COc1cccc(NC(N)=NCc2cccc(C(=O)NCC3CCCO3)c2)c1.I. The number of nitrogens with one attached hydrogen (secondary N) is 2. The van der Waals surface area contributed by atoms with E-state index in [0.29, 0.717) is 24.6 Å². The Kier molecular flexibility index (Phi) is 9.20. The molecule has 2 aromatic carbocycles. The second-order valence-electron chi connectivity index (χ2n) is 6.60. The fraction of sp³-hybridized carbons (Fsp3) is 0.333. The summed E-state index contributed by atoms with van der Waals surface area (Å²) in [4.78, 5) is 16.7. The quantitative estimate of drug-likeness (QED) is 0.302. The van der Waals surface area contributed by atoms with Gasteiger partial charge in [0.05, 0.1) is 19.8 Å². The van der Waals surface area contributed by atoms with Crippen molar-refractivity contribution in [1.82, 2.24) is 5.32 Å². The molecular weight excluding hydrogens is 483 g/mol. The molecule has 1 aliphatic rings. The van der Waals surface area contributed by atoms with Gasteiger partial charge in [0.1, 0.15) is 5.75 Å². The van der Waals surface area contributed by atoms with Crippen molar-refractivity contribution in [3.05, 3.63) is 59.7 Å². The molecule has 8 heteroatoms. The normalized spacial score (nSPS) is 16.0. The van der Waals surface area contributed by atoms with E-state index in [-0.39, 0.29) is 36.0 Å².